The van der Waals surface area contributed by atoms with Gasteiger partial charge < -0.3 is 10.1 Å². The molecule has 4 nitrogen and oxygen atoms in total. The van der Waals surface area contributed by atoms with E-state index in [0.717, 1.165) is 22.5 Å². The average Bonchev–Trinajstić information content (AvgIpc) is 2.79. The van der Waals surface area contributed by atoms with E-state index < -0.39 is 0 Å². The van der Waals surface area contributed by atoms with Crippen LogP contribution in [0.2, 0.25) is 0 Å². The molecular formula is C13H16BrN3O. The fraction of sp³-hybridized carbons (Fsp3) is 0.308. The van der Waals surface area contributed by atoms with E-state index in [1.165, 1.54) is 0 Å². The second kappa shape index (κ2) is 6.02. The molecule has 0 fully saturated rings. The molecule has 18 heavy (non-hydrogen) atoms. The third kappa shape index (κ3) is 3.58. The summed E-state index contributed by atoms with van der Waals surface area (Å²) in [5.74, 6) is 1.56. The fourth-order valence-corrected chi connectivity index (χ4v) is 1.77. The number of likely N-dealkylation sites (N-methyl/N-ethyl adjacent to an activating group) is 1. The van der Waals surface area contributed by atoms with Crippen molar-refractivity contribution >= 4 is 15.9 Å². The molecule has 2 rings (SSSR count). The summed E-state index contributed by atoms with van der Waals surface area (Å²) in [6.07, 6.45) is 3.63. The van der Waals surface area contributed by atoms with Gasteiger partial charge in [0, 0.05) is 10.5 Å². The maximum absolute atomic E-state index is 5.70. The Balaban J connectivity index is 2.00. The number of ether oxygens (including phenoxy) is 1. The predicted molar refractivity (Wildman–Crippen MR) is 75.0 cm³/mol. The molecule has 1 aromatic heterocycles. The maximum atomic E-state index is 5.70. The molecule has 96 valence electrons. The molecule has 0 saturated carbocycles. The van der Waals surface area contributed by atoms with Gasteiger partial charge in [-0.15, -0.1) is 0 Å². The van der Waals surface area contributed by atoms with E-state index in [1.807, 2.05) is 42.2 Å². The Bertz CT molecular complexity index is 495. The second-order valence-corrected chi connectivity index (χ2v) is 5.06. The molecule has 0 radical (unpaired) electrons. The van der Waals surface area contributed by atoms with Gasteiger partial charge in [-0.3, -0.25) is 4.68 Å². The highest BCUT2D eigenvalue weighted by Crippen LogP contribution is 2.22. The first kappa shape index (κ1) is 13.1. The van der Waals surface area contributed by atoms with E-state index in [9.17, 15) is 0 Å². The van der Waals surface area contributed by atoms with Gasteiger partial charge in [0.25, 0.3) is 0 Å². The molecule has 1 atom stereocenters. The molecule has 1 aromatic carbocycles. The van der Waals surface area contributed by atoms with Gasteiger partial charge in [-0.1, -0.05) is 15.9 Å². The first-order chi connectivity index (χ1) is 8.67. The number of benzene rings is 1. The van der Waals surface area contributed by atoms with Gasteiger partial charge in [0.15, 0.2) is 5.75 Å². The molecule has 5 heteroatoms. The van der Waals surface area contributed by atoms with Crippen LogP contribution in [-0.2, 0) is 6.54 Å². The average molecular weight is 310 g/mol. The Kier molecular flexibility index (Phi) is 4.38. The molecule has 0 aliphatic rings. The quantitative estimate of drug-likeness (QED) is 0.922. The summed E-state index contributed by atoms with van der Waals surface area (Å²) >= 11 is 3.39. The summed E-state index contributed by atoms with van der Waals surface area (Å²) < 4.78 is 8.61. The largest absolute Gasteiger partial charge is 0.454 e. The van der Waals surface area contributed by atoms with Gasteiger partial charge in [-0.05, 0) is 38.2 Å². The second-order valence-electron chi connectivity index (χ2n) is 4.14. The Morgan fingerprint density at radius 2 is 2.06 bits per heavy atom. The Labute approximate surface area is 115 Å². The van der Waals surface area contributed by atoms with Crippen molar-refractivity contribution in [2.45, 2.75) is 19.5 Å². The number of rotatable bonds is 5. The third-order valence-corrected chi connectivity index (χ3v) is 3.14. The van der Waals surface area contributed by atoms with Gasteiger partial charge in [0.1, 0.15) is 5.75 Å². The first-order valence-electron chi connectivity index (χ1n) is 5.80. The number of aromatic nitrogens is 2. The summed E-state index contributed by atoms with van der Waals surface area (Å²) in [6.45, 7) is 2.93. The summed E-state index contributed by atoms with van der Waals surface area (Å²) in [5.41, 5.74) is 0. The highest BCUT2D eigenvalue weighted by atomic mass is 79.9. The lowest BCUT2D eigenvalue weighted by Gasteiger charge is -2.09. The molecule has 1 N–H and O–H groups in total. The molecule has 0 amide bonds. The van der Waals surface area contributed by atoms with Crippen molar-refractivity contribution in [2.75, 3.05) is 7.05 Å². The summed E-state index contributed by atoms with van der Waals surface area (Å²) in [5, 5.41) is 7.43. The minimum absolute atomic E-state index is 0.380. The van der Waals surface area contributed by atoms with Gasteiger partial charge >= 0.3 is 0 Å². The Morgan fingerprint density at radius 3 is 2.72 bits per heavy atom. The number of hydrogen-bond donors (Lipinski definition) is 1. The van der Waals surface area contributed by atoms with E-state index in [2.05, 4.69) is 33.3 Å². The van der Waals surface area contributed by atoms with Crippen LogP contribution in [0.3, 0.4) is 0 Å². The van der Waals surface area contributed by atoms with Crippen molar-refractivity contribution in [1.82, 2.24) is 15.1 Å². The highest BCUT2D eigenvalue weighted by molar-refractivity contribution is 9.10. The summed E-state index contributed by atoms with van der Waals surface area (Å²) in [7, 11) is 1.94. The van der Waals surface area contributed by atoms with Crippen LogP contribution in [0.15, 0.2) is 41.1 Å². The molecule has 0 spiro atoms. The van der Waals surface area contributed by atoms with E-state index in [4.69, 9.17) is 4.74 Å². The molecule has 0 saturated heterocycles. The van der Waals surface area contributed by atoms with Crippen molar-refractivity contribution in [3.63, 3.8) is 0 Å². The molecule has 2 aromatic rings. The van der Waals surface area contributed by atoms with Crippen LogP contribution in [0.4, 0.5) is 0 Å². The van der Waals surface area contributed by atoms with Crippen molar-refractivity contribution in [1.29, 1.82) is 0 Å². The van der Waals surface area contributed by atoms with Crippen LogP contribution in [-0.4, -0.2) is 22.9 Å². The Morgan fingerprint density at radius 1 is 1.33 bits per heavy atom. The SMILES string of the molecule is CNC(C)Cn1cc(Oc2ccc(Br)cc2)cn1. The van der Waals surface area contributed by atoms with Gasteiger partial charge in [-0.25, -0.2) is 0 Å². The van der Waals surface area contributed by atoms with Gasteiger partial charge in [0.05, 0.1) is 18.9 Å². The molecule has 0 bridgehead atoms. The lowest BCUT2D eigenvalue weighted by atomic mass is 10.3. The lowest BCUT2D eigenvalue weighted by Crippen LogP contribution is -2.26. The van der Waals surface area contributed by atoms with Crippen LogP contribution in [0, 0.1) is 0 Å². The number of halogens is 1. The monoisotopic (exact) mass is 309 g/mol. The number of nitrogens with one attached hydrogen (secondary N) is 1. The molecule has 1 heterocycles. The standard InChI is InChI=1S/C13H16BrN3O/c1-10(15-2)8-17-9-13(7-16-17)18-12-5-3-11(14)4-6-12/h3-7,9-10,15H,8H2,1-2H3. The van der Waals surface area contributed by atoms with Gasteiger partial charge in [0.2, 0.25) is 0 Å². The summed E-state index contributed by atoms with van der Waals surface area (Å²) in [4.78, 5) is 0. The predicted octanol–water partition coefficient (Wildman–Crippen LogP) is 3.05. The van der Waals surface area contributed by atoms with Crippen LogP contribution >= 0.6 is 15.9 Å². The third-order valence-electron chi connectivity index (χ3n) is 2.61. The zero-order valence-electron chi connectivity index (χ0n) is 10.4. The fourth-order valence-electron chi connectivity index (χ4n) is 1.51. The van der Waals surface area contributed by atoms with E-state index >= 15 is 0 Å². The topological polar surface area (TPSA) is 39.1 Å². The van der Waals surface area contributed by atoms with Crippen LogP contribution in [0.25, 0.3) is 0 Å². The van der Waals surface area contributed by atoms with Crippen molar-refractivity contribution in [3.8, 4) is 11.5 Å². The van der Waals surface area contributed by atoms with Crippen molar-refractivity contribution in [2.24, 2.45) is 0 Å². The van der Waals surface area contributed by atoms with E-state index in [-0.39, 0.29) is 0 Å². The molecule has 1 unspecified atom stereocenters. The minimum atomic E-state index is 0.380. The minimum Gasteiger partial charge on any atom is -0.454 e. The smallest absolute Gasteiger partial charge is 0.165 e. The Hall–Kier alpha value is -1.33. The van der Waals surface area contributed by atoms with Crippen LogP contribution in [0.5, 0.6) is 11.5 Å². The van der Waals surface area contributed by atoms with Crippen molar-refractivity contribution < 1.29 is 4.74 Å². The molecular weight excluding hydrogens is 294 g/mol. The normalized spacial score (nSPS) is 12.4. The summed E-state index contributed by atoms with van der Waals surface area (Å²) in [6, 6.07) is 8.10. The van der Waals surface area contributed by atoms with E-state index in [0.29, 0.717) is 6.04 Å². The van der Waals surface area contributed by atoms with Crippen molar-refractivity contribution in [3.05, 3.63) is 41.1 Å². The number of hydrogen-bond acceptors (Lipinski definition) is 3. The highest BCUT2D eigenvalue weighted by Gasteiger charge is 2.04. The zero-order chi connectivity index (χ0) is 13.0. The van der Waals surface area contributed by atoms with Crippen LogP contribution < -0.4 is 10.1 Å². The lowest BCUT2D eigenvalue weighted by molar-refractivity contribution is 0.468. The van der Waals surface area contributed by atoms with Crippen LogP contribution in [0.1, 0.15) is 6.92 Å². The molecule has 0 aliphatic heterocycles. The maximum Gasteiger partial charge on any atom is 0.165 e. The van der Waals surface area contributed by atoms with Gasteiger partial charge in [-0.2, -0.15) is 5.10 Å². The van der Waals surface area contributed by atoms with E-state index in [1.54, 1.807) is 6.20 Å². The zero-order valence-corrected chi connectivity index (χ0v) is 12.0. The number of nitrogens with zero attached hydrogens (tertiary/aromatic N) is 2. The molecule has 0 aliphatic carbocycles. The first-order valence-corrected chi connectivity index (χ1v) is 6.60.